The molecule has 2 rings (SSSR count). The van der Waals surface area contributed by atoms with Crippen LogP contribution in [0.2, 0.25) is 0 Å². The van der Waals surface area contributed by atoms with E-state index < -0.39 is 0 Å². The smallest absolute Gasteiger partial charge is 0.194 e. The molecule has 0 radical (unpaired) electrons. The highest BCUT2D eigenvalue weighted by molar-refractivity contribution is 9.10. The number of pyridine rings is 1. The Labute approximate surface area is 101 Å². The molecule has 0 aromatic carbocycles. The Hall–Kier alpha value is -0.940. The summed E-state index contributed by atoms with van der Waals surface area (Å²) in [4.78, 5) is 12.7. The summed E-state index contributed by atoms with van der Waals surface area (Å²) in [5.74, 6) is 0. The number of hydrogen-bond donors (Lipinski definition) is 0. The molecule has 0 saturated heterocycles. The van der Waals surface area contributed by atoms with E-state index in [1.165, 1.54) is 11.8 Å². The van der Waals surface area contributed by atoms with E-state index in [1.807, 2.05) is 25.1 Å². The highest BCUT2D eigenvalue weighted by Gasteiger charge is 2.01. The fraction of sp³-hybridized carbons (Fsp3) is 0.100. The van der Waals surface area contributed by atoms with Gasteiger partial charge in [0.25, 0.3) is 0 Å². The van der Waals surface area contributed by atoms with E-state index in [-0.39, 0.29) is 0 Å². The van der Waals surface area contributed by atoms with E-state index in [0.717, 1.165) is 20.3 Å². The first-order valence-corrected chi connectivity index (χ1v) is 5.94. The van der Waals surface area contributed by atoms with Gasteiger partial charge in [-0.1, -0.05) is 0 Å². The van der Waals surface area contributed by atoms with Crippen molar-refractivity contribution in [3.05, 3.63) is 40.8 Å². The van der Waals surface area contributed by atoms with Crippen molar-refractivity contribution < 1.29 is 0 Å². The Bertz CT molecular complexity index is 458. The molecule has 2 heterocycles. The summed E-state index contributed by atoms with van der Waals surface area (Å²) in [5.41, 5.74) is 0.963. The fourth-order valence-corrected chi connectivity index (χ4v) is 1.96. The second kappa shape index (κ2) is 4.72. The van der Waals surface area contributed by atoms with E-state index in [1.54, 1.807) is 12.4 Å². The summed E-state index contributed by atoms with van der Waals surface area (Å²) in [7, 11) is 0. The topological polar surface area (TPSA) is 38.7 Å². The van der Waals surface area contributed by atoms with Crippen LogP contribution in [0.1, 0.15) is 5.69 Å². The molecule has 0 spiro atoms. The van der Waals surface area contributed by atoms with Gasteiger partial charge in [-0.05, 0) is 52.8 Å². The zero-order valence-corrected chi connectivity index (χ0v) is 10.4. The van der Waals surface area contributed by atoms with Crippen LogP contribution in [-0.2, 0) is 0 Å². The first kappa shape index (κ1) is 10.6. The van der Waals surface area contributed by atoms with Gasteiger partial charge in [0.1, 0.15) is 5.03 Å². The van der Waals surface area contributed by atoms with Crippen molar-refractivity contribution in [1.82, 2.24) is 15.0 Å². The molecule has 0 unspecified atom stereocenters. The summed E-state index contributed by atoms with van der Waals surface area (Å²) in [6, 6.07) is 5.75. The molecular formula is C10H8BrN3S. The van der Waals surface area contributed by atoms with Crippen LogP contribution in [-0.4, -0.2) is 15.0 Å². The lowest BCUT2D eigenvalue weighted by Gasteiger charge is -1.99. The zero-order chi connectivity index (χ0) is 10.7. The third-order valence-electron chi connectivity index (χ3n) is 1.67. The van der Waals surface area contributed by atoms with Crippen LogP contribution in [0.25, 0.3) is 0 Å². The normalized spacial score (nSPS) is 10.3. The maximum Gasteiger partial charge on any atom is 0.194 e. The molecule has 0 aliphatic carbocycles. The first-order chi connectivity index (χ1) is 7.24. The minimum Gasteiger partial charge on any atom is -0.248 e. The van der Waals surface area contributed by atoms with Crippen LogP contribution in [0.4, 0.5) is 0 Å². The molecule has 2 aromatic heterocycles. The highest BCUT2D eigenvalue weighted by Crippen LogP contribution is 2.23. The second-order valence-electron chi connectivity index (χ2n) is 2.90. The van der Waals surface area contributed by atoms with E-state index in [9.17, 15) is 0 Å². The van der Waals surface area contributed by atoms with Gasteiger partial charge >= 0.3 is 0 Å². The average molecular weight is 282 g/mol. The molecule has 0 amide bonds. The number of nitrogens with zero attached hydrogens (tertiary/aromatic N) is 3. The summed E-state index contributed by atoms with van der Waals surface area (Å²) in [6.45, 7) is 1.95. The van der Waals surface area contributed by atoms with Gasteiger partial charge in [-0.15, -0.1) is 0 Å². The van der Waals surface area contributed by atoms with Crippen molar-refractivity contribution >= 4 is 27.7 Å². The van der Waals surface area contributed by atoms with E-state index >= 15 is 0 Å². The molecule has 2 aromatic rings. The molecule has 5 heteroatoms. The van der Waals surface area contributed by atoms with E-state index in [4.69, 9.17) is 0 Å². The SMILES string of the molecule is Cc1ccnc(Sc2ccc(Br)cn2)n1. The van der Waals surface area contributed by atoms with Gasteiger partial charge in [-0.3, -0.25) is 0 Å². The van der Waals surface area contributed by atoms with Gasteiger partial charge < -0.3 is 0 Å². The third kappa shape index (κ3) is 3.00. The molecule has 76 valence electrons. The van der Waals surface area contributed by atoms with Gasteiger partial charge in [-0.2, -0.15) is 0 Å². The fourth-order valence-electron chi connectivity index (χ4n) is 0.991. The van der Waals surface area contributed by atoms with Gasteiger partial charge in [0.15, 0.2) is 5.16 Å². The molecule has 0 N–H and O–H groups in total. The van der Waals surface area contributed by atoms with Crippen molar-refractivity contribution in [2.24, 2.45) is 0 Å². The van der Waals surface area contributed by atoms with Gasteiger partial charge in [0.2, 0.25) is 0 Å². The maximum atomic E-state index is 4.29. The van der Waals surface area contributed by atoms with Crippen molar-refractivity contribution in [2.75, 3.05) is 0 Å². The molecule has 0 saturated carbocycles. The average Bonchev–Trinajstić information content (AvgIpc) is 2.22. The number of hydrogen-bond acceptors (Lipinski definition) is 4. The first-order valence-electron chi connectivity index (χ1n) is 4.33. The number of halogens is 1. The third-order valence-corrected chi connectivity index (χ3v) is 2.97. The van der Waals surface area contributed by atoms with Crippen LogP contribution in [0, 0.1) is 6.92 Å². The molecule has 0 fully saturated rings. The van der Waals surface area contributed by atoms with Crippen molar-refractivity contribution in [2.45, 2.75) is 17.1 Å². The minimum atomic E-state index is 0.727. The van der Waals surface area contributed by atoms with Crippen LogP contribution >= 0.6 is 27.7 Å². The molecule has 0 aliphatic heterocycles. The Balaban J connectivity index is 2.18. The molecule has 0 bridgehead atoms. The Morgan fingerprint density at radius 2 is 2.07 bits per heavy atom. The van der Waals surface area contributed by atoms with Crippen LogP contribution in [0.5, 0.6) is 0 Å². The van der Waals surface area contributed by atoms with Crippen LogP contribution in [0.15, 0.2) is 45.2 Å². The summed E-state index contributed by atoms with van der Waals surface area (Å²) in [5, 5.41) is 1.62. The van der Waals surface area contributed by atoms with E-state index in [2.05, 4.69) is 30.9 Å². The van der Waals surface area contributed by atoms with Crippen molar-refractivity contribution in [3.63, 3.8) is 0 Å². The molecule has 15 heavy (non-hydrogen) atoms. The zero-order valence-electron chi connectivity index (χ0n) is 8.01. The minimum absolute atomic E-state index is 0.727. The lowest BCUT2D eigenvalue weighted by molar-refractivity contribution is 0.927. The second-order valence-corrected chi connectivity index (χ2v) is 4.80. The molecule has 3 nitrogen and oxygen atoms in total. The number of rotatable bonds is 2. The van der Waals surface area contributed by atoms with E-state index in [0.29, 0.717) is 0 Å². The maximum absolute atomic E-state index is 4.29. The largest absolute Gasteiger partial charge is 0.248 e. The summed E-state index contributed by atoms with van der Waals surface area (Å²) < 4.78 is 0.969. The standard InChI is InChI=1S/C10H8BrN3S/c1-7-4-5-12-10(14-7)15-9-3-2-8(11)6-13-9/h2-6H,1H3. The highest BCUT2D eigenvalue weighted by atomic mass is 79.9. The quantitative estimate of drug-likeness (QED) is 0.793. The summed E-state index contributed by atoms with van der Waals surface area (Å²) >= 11 is 4.80. The molecular weight excluding hydrogens is 274 g/mol. The van der Waals surface area contributed by atoms with Crippen molar-refractivity contribution in [1.29, 1.82) is 0 Å². The molecule has 0 atom stereocenters. The monoisotopic (exact) mass is 281 g/mol. The van der Waals surface area contributed by atoms with Crippen molar-refractivity contribution in [3.8, 4) is 0 Å². The van der Waals surface area contributed by atoms with Crippen LogP contribution < -0.4 is 0 Å². The summed E-state index contributed by atoms with van der Waals surface area (Å²) in [6.07, 6.45) is 3.52. The number of aromatic nitrogens is 3. The Kier molecular flexibility index (Phi) is 3.33. The Morgan fingerprint density at radius 3 is 2.73 bits per heavy atom. The Morgan fingerprint density at radius 1 is 1.20 bits per heavy atom. The number of aryl methyl sites for hydroxylation is 1. The van der Waals surface area contributed by atoms with Gasteiger partial charge in [0.05, 0.1) is 0 Å². The molecule has 0 aliphatic rings. The van der Waals surface area contributed by atoms with Gasteiger partial charge in [0, 0.05) is 22.6 Å². The van der Waals surface area contributed by atoms with Crippen LogP contribution in [0.3, 0.4) is 0 Å². The predicted molar refractivity (Wildman–Crippen MR) is 62.8 cm³/mol. The lowest BCUT2D eigenvalue weighted by atomic mass is 10.5. The predicted octanol–water partition coefficient (Wildman–Crippen LogP) is 3.09. The van der Waals surface area contributed by atoms with Gasteiger partial charge in [-0.25, -0.2) is 15.0 Å². The lowest BCUT2D eigenvalue weighted by Crippen LogP contribution is -1.88.